The van der Waals surface area contributed by atoms with E-state index in [2.05, 4.69) is 22.5 Å². The molecule has 30 heavy (non-hydrogen) atoms. The third-order valence-corrected chi connectivity index (χ3v) is 5.88. The molecule has 0 spiro atoms. The minimum Gasteiger partial charge on any atom is -0.362 e. The molecule has 4 rings (SSSR count). The molecular weight excluding hydrogens is 398 g/mol. The predicted molar refractivity (Wildman–Crippen MR) is 118 cm³/mol. The molecule has 2 heterocycles. The minimum absolute atomic E-state index is 0.0856. The maximum atomic E-state index is 13.4. The smallest absolute Gasteiger partial charge is 0.255 e. The second kappa shape index (κ2) is 8.07. The average Bonchev–Trinajstić information content (AvgIpc) is 2.69. The normalized spacial score (nSPS) is 21.3. The van der Waals surface area contributed by atoms with E-state index in [1.54, 1.807) is 24.4 Å². The first kappa shape index (κ1) is 20.4. The monoisotopic (exact) mass is 421 g/mol. The van der Waals surface area contributed by atoms with E-state index in [1.807, 2.05) is 32.0 Å². The van der Waals surface area contributed by atoms with Gasteiger partial charge in [0, 0.05) is 46.1 Å². The van der Waals surface area contributed by atoms with Crippen molar-refractivity contribution in [3.8, 4) is 0 Å². The van der Waals surface area contributed by atoms with E-state index in [-0.39, 0.29) is 17.6 Å². The van der Waals surface area contributed by atoms with Crippen molar-refractivity contribution < 1.29 is 9.59 Å². The van der Waals surface area contributed by atoms with Gasteiger partial charge in [-0.25, -0.2) is 4.98 Å². The molecule has 154 valence electrons. The van der Waals surface area contributed by atoms with Gasteiger partial charge in [-0.15, -0.1) is 0 Å². The maximum Gasteiger partial charge on any atom is 0.255 e. The number of carbonyl (C=O) groups excluding carboxylic acids is 2. The number of nitrogens with zero attached hydrogens (tertiary/aromatic N) is 1. The summed E-state index contributed by atoms with van der Waals surface area (Å²) in [6, 6.07) is 11.0. The van der Waals surface area contributed by atoms with Crippen LogP contribution in [0.2, 0.25) is 5.02 Å². The molecule has 0 saturated heterocycles. The summed E-state index contributed by atoms with van der Waals surface area (Å²) in [6.45, 7) is 5.90. The number of hydrogen-bond acceptors (Lipinski definition) is 4. The molecule has 2 atom stereocenters. The van der Waals surface area contributed by atoms with Crippen molar-refractivity contribution in [1.82, 2.24) is 10.3 Å². The number of pyridine rings is 1. The number of aryl methyl sites for hydroxylation is 1. The topological polar surface area (TPSA) is 71.1 Å². The Balaban J connectivity index is 1.78. The lowest BCUT2D eigenvalue weighted by Gasteiger charge is -2.36. The molecule has 2 aromatic rings. The SMILES string of the molecule is CC1=C(C(=O)Nc2ccc(C)cn2)[C@H](c2ccc(Cl)cc2)C2=C(C[C@H](C)CC2=O)N1. The maximum absolute atomic E-state index is 13.4. The van der Waals surface area contributed by atoms with Crippen LogP contribution in [-0.4, -0.2) is 16.7 Å². The van der Waals surface area contributed by atoms with Crippen molar-refractivity contribution in [2.75, 3.05) is 5.32 Å². The Labute approximate surface area is 181 Å². The second-order valence-electron chi connectivity index (χ2n) is 8.15. The number of carbonyl (C=O) groups is 2. The fourth-order valence-corrected chi connectivity index (χ4v) is 4.37. The highest BCUT2D eigenvalue weighted by atomic mass is 35.5. The van der Waals surface area contributed by atoms with Crippen LogP contribution in [0.1, 0.15) is 43.7 Å². The van der Waals surface area contributed by atoms with Crippen molar-refractivity contribution in [1.29, 1.82) is 0 Å². The van der Waals surface area contributed by atoms with E-state index < -0.39 is 5.92 Å². The number of ketones is 1. The Kier molecular flexibility index (Phi) is 5.48. The highest BCUT2D eigenvalue weighted by Gasteiger charge is 2.39. The summed E-state index contributed by atoms with van der Waals surface area (Å²) in [5.74, 6) is 0.124. The third-order valence-electron chi connectivity index (χ3n) is 5.63. The number of Topliss-reactive ketones (excluding diaryl/α,β-unsaturated/α-hetero) is 1. The molecule has 1 aromatic carbocycles. The standard InChI is InChI=1S/C24H24ClN3O2/c1-13-4-9-20(26-12-13)28-24(30)21-15(3)27-18-10-14(2)11-19(29)23(18)22(21)16-5-7-17(25)8-6-16/h4-9,12,14,22,27H,10-11H2,1-3H3,(H,26,28,30)/t14-,22-/m0/s1. The Morgan fingerprint density at radius 3 is 2.53 bits per heavy atom. The van der Waals surface area contributed by atoms with Gasteiger partial charge in [0.05, 0.1) is 0 Å². The largest absolute Gasteiger partial charge is 0.362 e. The number of hydrogen-bond donors (Lipinski definition) is 2. The highest BCUT2D eigenvalue weighted by Crippen LogP contribution is 2.43. The number of allylic oxidation sites excluding steroid dienone is 3. The van der Waals surface area contributed by atoms with Crippen LogP contribution < -0.4 is 10.6 Å². The van der Waals surface area contributed by atoms with Crippen molar-refractivity contribution in [3.63, 3.8) is 0 Å². The van der Waals surface area contributed by atoms with E-state index in [1.165, 1.54) is 0 Å². The van der Waals surface area contributed by atoms with Gasteiger partial charge in [0.15, 0.2) is 5.78 Å². The van der Waals surface area contributed by atoms with Gasteiger partial charge < -0.3 is 10.6 Å². The van der Waals surface area contributed by atoms with Gasteiger partial charge in [-0.05, 0) is 55.5 Å². The first-order valence-corrected chi connectivity index (χ1v) is 10.4. The van der Waals surface area contributed by atoms with Crippen LogP contribution in [0.25, 0.3) is 0 Å². The Hall–Kier alpha value is -2.92. The summed E-state index contributed by atoms with van der Waals surface area (Å²) in [6.07, 6.45) is 2.98. The first-order chi connectivity index (χ1) is 14.3. The zero-order chi connectivity index (χ0) is 21.4. The highest BCUT2D eigenvalue weighted by molar-refractivity contribution is 6.30. The van der Waals surface area contributed by atoms with Crippen molar-refractivity contribution >= 4 is 29.1 Å². The Morgan fingerprint density at radius 2 is 1.87 bits per heavy atom. The van der Waals surface area contributed by atoms with E-state index in [4.69, 9.17) is 11.6 Å². The van der Waals surface area contributed by atoms with Gasteiger partial charge >= 0.3 is 0 Å². The predicted octanol–water partition coefficient (Wildman–Crippen LogP) is 4.90. The number of dihydropyridines is 1. The van der Waals surface area contributed by atoms with Crippen LogP contribution in [-0.2, 0) is 9.59 Å². The number of nitrogens with one attached hydrogen (secondary N) is 2. The average molecular weight is 422 g/mol. The Bertz CT molecular complexity index is 1070. The lowest BCUT2D eigenvalue weighted by atomic mass is 9.73. The van der Waals surface area contributed by atoms with Gasteiger partial charge in [-0.1, -0.05) is 36.7 Å². The molecule has 6 heteroatoms. The minimum atomic E-state index is -0.441. The van der Waals surface area contributed by atoms with Crippen molar-refractivity contribution in [2.24, 2.45) is 5.92 Å². The zero-order valence-electron chi connectivity index (χ0n) is 17.3. The van der Waals surface area contributed by atoms with Crippen LogP contribution in [0.5, 0.6) is 0 Å². The number of aromatic nitrogens is 1. The van der Waals surface area contributed by atoms with Crippen LogP contribution in [0.3, 0.4) is 0 Å². The second-order valence-corrected chi connectivity index (χ2v) is 8.59. The molecule has 0 unspecified atom stereocenters. The van der Waals surface area contributed by atoms with Crippen LogP contribution in [0, 0.1) is 12.8 Å². The van der Waals surface area contributed by atoms with Gasteiger partial charge in [0.1, 0.15) is 5.82 Å². The summed E-state index contributed by atoms with van der Waals surface area (Å²) >= 11 is 6.09. The molecule has 0 bridgehead atoms. The molecule has 5 nitrogen and oxygen atoms in total. The van der Waals surface area contributed by atoms with Gasteiger partial charge in [-0.3, -0.25) is 9.59 Å². The lowest BCUT2D eigenvalue weighted by molar-refractivity contribution is -0.117. The van der Waals surface area contributed by atoms with Gasteiger partial charge in [-0.2, -0.15) is 0 Å². The van der Waals surface area contributed by atoms with E-state index in [0.29, 0.717) is 28.4 Å². The lowest BCUT2D eigenvalue weighted by Crippen LogP contribution is -2.37. The van der Waals surface area contributed by atoms with E-state index in [9.17, 15) is 9.59 Å². The van der Waals surface area contributed by atoms with Crippen molar-refractivity contribution in [2.45, 2.75) is 39.5 Å². The van der Waals surface area contributed by atoms with E-state index in [0.717, 1.165) is 28.9 Å². The van der Waals surface area contributed by atoms with Crippen molar-refractivity contribution in [3.05, 3.63) is 81.3 Å². The number of halogens is 1. The summed E-state index contributed by atoms with van der Waals surface area (Å²) in [7, 11) is 0. The molecular formula is C24H24ClN3O2. The fourth-order valence-electron chi connectivity index (χ4n) is 4.25. The third kappa shape index (κ3) is 3.90. The van der Waals surface area contributed by atoms with Crippen LogP contribution in [0.4, 0.5) is 5.82 Å². The Morgan fingerprint density at radius 1 is 1.13 bits per heavy atom. The quantitative estimate of drug-likeness (QED) is 0.739. The van der Waals surface area contributed by atoms with Gasteiger partial charge in [0.25, 0.3) is 5.91 Å². The fraction of sp³-hybridized carbons (Fsp3) is 0.292. The number of amides is 1. The number of anilines is 1. The molecule has 2 aliphatic rings. The molecule has 2 N–H and O–H groups in total. The summed E-state index contributed by atoms with van der Waals surface area (Å²) in [5.41, 5.74) is 4.77. The summed E-state index contributed by atoms with van der Waals surface area (Å²) in [4.78, 5) is 30.7. The van der Waals surface area contributed by atoms with Gasteiger partial charge in [0.2, 0.25) is 0 Å². The molecule has 1 aliphatic heterocycles. The summed E-state index contributed by atoms with van der Waals surface area (Å²) in [5, 5.41) is 6.85. The number of rotatable bonds is 3. The molecule has 0 saturated carbocycles. The van der Waals surface area contributed by atoms with Crippen LogP contribution in [0.15, 0.2) is 65.1 Å². The molecule has 1 amide bonds. The molecule has 1 aliphatic carbocycles. The van der Waals surface area contributed by atoms with Crippen LogP contribution >= 0.6 is 11.6 Å². The molecule has 1 aromatic heterocycles. The summed E-state index contributed by atoms with van der Waals surface area (Å²) < 4.78 is 0. The first-order valence-electron chi connectivity index (χ1n) is 10.1. The van der Waals surface area contributed by atoms with E-state index >= 15 is 0 Å². The molecule has 0 radical (unpaired) electrons. The zero-order valence-corrected chi connectivity index (χ0v) is 18.0. The number of benzene rings is 1. The molecule has 0 fully saturated rings.